The first-order chi connectivity index (χ1) is 13.7. The van der Waals surface area contributed by atoms with Gasteiger partial charge in [0, 0.05) is 11.5 Å². The van der Waals surface area contributed by atoms with Crippen LogP contribution in [0.1, 0.15) is 80.0 Å². The lowest BCUT2D eigenvalue weighted by atomic mass is 9.86. The fraction of sp³-hybridized carbons (Fsp3) is 0.636. The zero-order chi connectivity index (χ0) is 19.1. The fourth-order valence-electron chi connectivity index (χ4n) is 5.15. The van der Waals surface area contributed by atoms with E-state index in [0.29, 0.717) is 24.7 Å². The third kappa shape index (κ3) is 3.38. The first kappa shape index (κ1) is 18.6. The summed E-state index contributed by atoms with van der Waals surface area (Å²) in [4.78, 5) is 2.13. The molecule has 0 saturated heterocycles. The standard InChI is InChI=1S/C22H29ClN4O/c1-26-14-20-24-25-22(27(20)19-9-5-4-8-18(19)21(26)23)15-10-12-17(13-11-15)28-16-6-2-3-7-16/h4-5,8-9,15-17,21H,2-3,6-7,10-14H2,1H3. The van der Waals surface area contributed by atoms with Gasteiger partial charge in [-0.2, -0.15) is 0 Å². The minimum Gasteiger partial charge on any atom is -0.375 e. The summed E-state index contributed by atoms with van der Waals surface area (Å²) in [7, 11) is 2.05. The molecule has 1 unspecified atom stereocenters. The van der Waals surface area contributed by atoms with E-state index in [1.165, 1.54) is 25.7 Å². The lowest BCUT2D eigenvalue weighted by Gasteiger charge is -2.30. The maximum absolute atomic E-state index is 6.74. The van der Waals surface area contributed by atoms with Crippen LogP contribution in [-0.2, 0) is 11.3 Å². The van der Waals surface area contributed by atoms with Crippen LogP contribution in [0.15, 0.2) is 24.3 Å². The number of hydrogen-bond donors (Lipinski definition) is 0. The molecule has 2 aliphatic carbocycles. The Morgan fingerprint density at radius 3 is 2.46 bits per heavy atom. The summed E-state index contributed by atoms with van der Waals surface area (Å²) < 4.78 is 8.64. The summed E-state index contributed by atoms with van der Waals surface area (Å²) in [5, 5.41) is 9.21. The van der Waals surface area contributed by atoms with Crippen LogP contribution in [0.2, 0.25) is 0 Å². The summed E-state index contributed by atoms with van der Waals surface area (Å²) in [6, 6.07) is 8.40. The topological polar surface area (TPSA) is 43.2 Å². The Kier molecular flexibility index (Phi) is 5.16. The first-order valence-electron chi connectivity index (χ1n) is 10.7. The normalized spacial score (nSPS) is 28.7. The maximum atomic E-state index is 6.74. The number of rotatable bonds is 3. The number of halogens is 1. The van der Waals surface area contributed by atoms with E-state index in [-0.39, 0.29) is 5.50 Å². The van der Waals surface area contributed by atoms with Gasteiger partial charge in [0.05, 0.1) is 24.4 Å². The van der Waals surface area contributed by atoms with Crippen LogP contribution in [0.3, 0.4) is 0 Å². The second-order valence-corrected chi connectivity index (χ2v) is 9.05. The SMILES string of the molecule is CN1Cc2nnc(C3CCC(OC4CCCC4)CC3)n2-c2ccccc2C1Cl. The summed E-state index contributed by atoms with van der Waals surface area (Å²) >= 11 is 6.74. The van der Waals surface area contributed by atoms with Crippen molar-refractivity contribution >= 4 is 11.6 Å². The summed E-state index contributed by atoms with van der Waals surface area (Å²) in [5.41, 5.74) is 2.11. The lowest BCUT2D eigenvalue weighted by molar-refractivity contribution is -0.0288. The molecule has 0 bridgehead atoms. The quantitative estimate of drug-likeness (QED) is 0.540. The predicted octanol–water partition coefficient (Wildman–Crippen LogP) is 4.94. The second kappa shape index (κ2) is 7.77. The molecular weight excluding hydrogens is 372 g/mol. The number of para-hydroxylation sites is 1. The Morgan fingerprint density at radius 2 is 1.68 bits per heavy atom. The van der Waals surface area contributed by atoms with Gasteiger partial charge in [-0.15, -0.1) is 21.8 Å². The lowest BCUT2D eigenvalue weighted by Crippen LogP contribution is -2.26. The molecule has 1 atom stereocenters. The Balaban J connectivity index is 1.38. The van der Waals surface area contributed by atoms with Crippen molar-refractivity contribution in [3.05, 3.63) is 41.5 Å². The van der Waals surface area contributed by atoms with E-state index in [2.05, 4.69) is 43.9 Å². The van der Waals surface area contributed by atoms with Gasteiger partial charge in [-0.1, -0.05) is 31.0 Å². The van der Waals surface area contributed by atoms with Crippen LogP contribution in [0.25, 0.3) is 5.69 Å². The van der Waals surface area contributed by atoms with Crippen molar-refractivity contribution in [3.8, 4) is 5.69 Å². The molecule has 2 fully saturated rings. The average molecular weight is 401 g/mol. The monoisotopic (exact) mass is 400 g/mol. The van der Waals surface area contributed by atoms with Crippen molar-refractivity contribution in [2.24, 2.45) is 0 Å². The molecule has 28 heavy (non-hydrogen) atoms. The number of fused-ring (bicyclic) bond motifs is 3. The highest BCUT2D eigenvalue weighted by Crippen LogP contribution is 2.39. The maximum Gasteiger partial charge on any atom is 0.151 e. The molecular formula is C22H29ClN4O. The van der Waals surface area contributed by atoms with E-state index in [9.17, 15) is 0 Å². The van der Waals surface area contributed by atoms with Gasteiger partial charge in [-0.3, -0.25) is 9.47 Å². The van der Waals surface area contributed by atoms with Gasteiger partial charge in [0.1, 0.15) is 11.3 Å². The molecule has 2 saturated carbocycles. The molecule has 6 heteroatoms. The molecule has 1 aliphatic heterocycles. The summed E-state index contributed by atoms with van der Waals surface area (Å²) in [5.74, 6) is 2.52. The van der Waals surface area contributed by atoms with Crippen LogP contribution in [-0.4, -0.2) is 38.9 Å². The molecule has 0 amide bonds. The third-order valence-electron chi connectivity index (χ3n) is 6.69. The molecule has 5 rings (SSSR count). The number of benzene rings is 1. The van der Waals surface area contributed by atoms with Crippen LogP contribution in [0.4, 0.5) is 0 Å². The van der Waals surface area contributed by atoms with E-state index >= 15 is 0 Å². The van der Waals surface area contributed by atoms with Crippen molar-refractivity contribution in [1.82, 2.24) is 19.7 Å². The van der Waals surface area contributed by atoms with Crippen LogP contribution < -0.4 is 0 Å². The molecule has 1 aromatic heterocycles. The van der Waals surface area contributed by atoms with E-state index in [1.807, 2.05) is 7.05 Å². The number of alkyl halides is 1. The highest BCUT2D eigenvalue weighted by molar-refractivity contribution is 6.20. The second-order valence-electron chi connectivity index (χ2n) is 8.64. The zero-order valence-corrected chi connectivity index (χ0v) is 17.3. The highest BCUT2D eigenvalue weighted by atomic mass is 35.5. The number of aromatic nitrogens is 3. The van der Waals surface area contributed by atoms with Crippen molar-refractivity contribution in [2.45, 2.75) is 81.5 Å². The van der Waals surface area contributed by atoms with E-state index < -0.39 is 0 Å². The van der Waals surface area contributed by atoms with Crippen molar-refractivity contribution in [1.29, 1.82) is 0 Å². The molecule has 0 radical (unpaired) electrons. The molecule has 2 heterocycles. The van der Waals surface area contributed by atoms with Gasteiger partial charge in [-0.05, 0) is 51.6 Å². The molecule has 2 aromatic rings. The number of nitrogens with zero attached hydrogens (tertiary/aromatic N) is 4. The fourth-order valence-corrected chi connectivity index (χ4v) is 5.40. The molecule has 150 valence electrons. The molecule has 5 nitrogen and oxygen atoms in total. The number of ether oxygens (including phenoxy) is 1. The minimum atomic E-state index is -0.152. The smallest absolute Gasteiger partial charge is 0.151 e. The number of hydrogen-bond acceptors (Lipinski definition) is 4. The van der Waals surface area contributed by atoms with Gasteiger partial charge in [0.25, 0.3) is 0 Å². The Bertz CT molecular complexity index is 824. The molecule has 0 spiro atoms. The average Bonchev–Trinajstić information content (AvgIpc) is 3.36. The van der Waals surface area contributed by atoms with Gasteiger partial charge in [0.2, 0.25) is 0 Å². The van der Waals surface area contributed by atoms with Crippen molar-refractivity contribution < 1.29 is 4.74 Å². The Labute approximate surface area is 172 Å². The Morgan fingerprint density at radius 1 is 0.964 bits per heavy atom. The highest BCUT2D eigenvalue weighted by Gasteiger charge is 2.33. The van der Waals surface area contributed by atoms with E-state index in [1.54, 1.807) is 0 Å². The van der Waals surface area contributed by atoms with Crippen LogP contribution >= 0.6 is 11.6 Å². The first-order valence-corrected chi connectivity index (χ1v) is 11.2. The van der Waals surface area contributed by atoms with Crippen molar-refractivity contribution in [2.75, 3.05) is 7.05 Å². The van der Waals surface area contributed by atoms with Gasteiger partial charge in [0.15, 0.2) is 5.82 Å². The van der Waals surface area contributed by atoms with Crippen LogP contribution in [0, 0.1) is 0 Å². The molecule has 3 aliphatic rings. The Hall–Kier alpha value is -1.43. The molecule has 1 aromatic carbocycles. The van der Waals surface area contributed by atoms with Crippen molar-refractivity contribution in [3.63, 3.8) is 0 Å². The van der Waals surface area contributed by atoms with E-state index in [4.69, 9.17) is 16.3 Å². The van der Waals surface area contributed by atoms with Gasteiger partial charge < -0.3 is 4.74 Å². The van der Waals surface area contributed by atoms with Gasteiger partial charge in [-0.25, -0.2) is 0 Å². The zero-order valence-electron chi connectivity index (χ0n) is 16.6. The third-order valence-corrected chi connectivity index (χ3v) is 7.26. The minimum absolute atomic E-state index is 0.152. The van der Waals surface area contributed by atoms with E-state index in [0.717, 1.165) is 48.6 Å². The predicted molar refractivity (Wildman–Crippen MR) is 110 cm³/mol. The largest absolute Gasteiger partial charge is 0.375 e. The summed E-state index contributed by atoms with van der Waals surface area (Å²) in [6.45, 7) is 0.704. The summed E-state index contributed by atoms with van der Waals surface area (Å²) in [6.07, 6.45) is 10.6. The van der Waals surface area contributed by atoms with Crippen LogP contribution in [0.5, 0.6) is 0 Å². The molecule has 0 N–H and O–H groups in total. The van der Waals surface area contributed by atoms with Gasteiger partial charge >= 0.3 is 0 Å².